The average molecular weight is 1400 g/mol. The molecule has 5 aromatic carbocycles. The highest BCUT2D eigenvalue weighted by Gasteiger charge is 2.57. The lowest BCUT2D eigenvalue weighted by Crippen LogP contribution is -2.67. The lowest BCUT2D eigenvalue weighted by Gasteiger charge is -2.49. The summed E-state index contributed by atoms with van der Waals surface area (Å²) in [4.78, 5) is 27.4. The van der Waals surface area contributed by atoms with Crippen LogP contribution in [0.3, 0.4) is 0 Å². The number of esters is 2. The molecule has 17 nitrogen and oxygen atoms in total. The first kappa shape index (κ1) is 83.1. The fourth-order valence-electron chi connectivity index (χ4n) is 12.2. The van der Waals surface area contributed by atoms with Crippen LogP contribution in [0.5, 0.6) is 5.75 Å². The van der Waals surface area contributed by atoms with E-state index in [1.807, 2.05) is 146 Å². The smallest absolute Gasteiger partial charge is 0.475 e. The number of benzene rings is 5. The zero-order valence-corrected chi connectivity index (χ0v) is 61.3. The van der Waals surface area contributed by atoms with Crippen molar-refractivity contribution in [1.82, 2.24) is 0 Å². The number of hydrogen-bond donors (Lipinski definition) is 0. The SMILES string of the molecule is CCCCCCCCCCCCCCCC(=O)OC[C@@H](COP(=O)(OCCC#N)O[C@@H]1[C@H](OCOCc2ccccc2)[C@H](OCc2ccc(OC)cc2)[C@@H](OCc2ccccc2)[C@H](OCc2ccccc2)[C@H]1OCOCc1ccccc1)OC(=O)CCCCCCCCCCCCCCC. The molecule has 0 saturated heterocycles. The van der Waals surface area contributed by atoms with E-state index in [9.17, 15) is 14.9 Å². The molecule has 0 bridgehead atoms. The molecule has 8 atom stereocenters. The van der Waals surface area contributed by atoms with Gasteiger partial charge in [0.25, 0.3) is 0 Å². The van der Waals surface area contributed by atoms with Gasteiger partial charge in [-0.3, -0.25) is 23.2 Å². The van der Waals surface area contributed by atoms with E-state index in [1.54, 1.807) is 7.11 Å². The first-order valence-electron chi connectivity index (χ1n) is 37.5. The summed E-state index contributed by atoms with van der Waals surface area (Å²) in [5.74, 6) is -0.327. The number of carbonyl (C=O) groups is 2. The summed E-state index contributed by atoms with van der Waals surface area (Å²) in [5, 5.41) is 9.92. The summed E-state index contributed by atoms with van der Waals surface area (Å²) in [6, 6.07) is 48.1. The van der Waals surface area contributed by atoms with Gasteiger partial charge in [0.1, 0.15) is 62.6 Å². The molecule has 0 spiro atoms. The number of methoxy groups -OCH3 is 1. The minimum atomic E-state index is -5.00. The third-order valence-electron chi connectivity index (χ3n) is 17.9. The van der Waals surface area contributed by atoms with Gasteiger partial charge in [-0.2, -0.15) is 5.26 Å². The molecule has 6 rings (SSSR count). The molecule has 1 aliphatic rings. The van der Waals surface area contributed by atoms with E-state index in [0.717, 1.165) is 72.8 Å². The van der Waals surface area contributed by atoms with E-state index in [0.29, 0.717) is 18.6 Å². The third kappa shape index (κ3) is 35.4. The molecular weight excluding hydrogens is 1290 g/mol. The highest BCUT2D eigenvalue weighted by molar-refractivity contribution is 7.48. The summed E-state index contributed by atoms with van der Waals surface area (Å²) in [5.41, 5.74) is 4.25. The fraction of sp³-hybridized carbons (Fsp3) is 0.598. The lowest BCUT2D eigenvalue weighted by molar-refractivity contribution is -0.296. The van der Waals surface area contributed by atoms with Gasteiger partial charge in [0.2, 0.25) is 0 Å². The molecule has 0 heterocycles. The van der Waals surface area contributed by atoms with Crippen LogP contribution in [-0.2, 0) is 103 Å². The molecule has 100 heavy (non-hydrogen) atoms. The Balaban J connectivity index is 1.30. The third-order valence-corrected chi connectivity index (χ3v) is 19.3. The maximum absolute atomic E-state index is 16.1. The first-order chi connectivity index (χ1) is 49.2. The molecule has 1 unspecified atom stereocenters. The Kier molecular flexibility index (Phi) is 44.1. The molecule has 1 saturated carbocycles. The standard InChI is InChI=1S/C82H118NO16P/c1-4-6-8-10-12-14-16-18-20-22-24-26-40-51-75(84)90-64-74(98-76(85)52-41-27-25-23-21-19-17-15-13-11-9-7-5-2)65-97-100(86,96-58-42-57-83)99-82-80(94-66-88-59-68-43-32-28-33-44-68)78(92-62-71-49-38-31-39-50-71)77(91-61-70-47-36-30-37-48-70)79(93-63-72-53-55-73(87-3)56-54-72)81(82)95-67-89-60-69-45-34-29-35-46-69/h28-39,43-50,53-56,74,77-82H,4-27,40-42,51-52,58-67H2,1-3H3/t74-,77-,78-,79+,80+,81+,82-,100?/m0/s1. The predicted octanol–water partition coefficient (Wildman–Crippen LogP) is 19.7. The molecule has 5 aromatic rings. The van der Waals surface area contributed by atoms with Gasteiger partial charge in [-0.05, 0) is 52.8 Å². The molecule has 0 amide bonds. The molecule has 1 aliphatic carbocycles. The highest BCUT2D eigenvalue weighted by atomic mass is 31.2. The number of rotatable bonds is 59. The van der Waals surface area contributed by atoms with E-state index < -0.39 is 82.3 Å². The van der Waals surface area contributed by atoms with Gasteiger partial charge in [-0.1, -0.05) is 301 Å². The Morgan fingerprint density at radius 2 is 0.760 bits per heavy atom. The summed E-state index contributed by atoms with van der Waals surface area (Å²) < 4.78 is 100. The molecule has 18 heteroatoms. The van der Waals surface area contributed by atoms with Crippen LogP contribution in [0, 0.1) is 11.3 Å². The van der Waals surface area contributed by atoms with Crippen molar-refractivity contribution in [2.45, 2.75) is 276 Å². The maximum atomic E-state index is 16.1. The second-order valence-electron chi connectivity index (χ2n) is 26.1. The molecule has 0 radical (unpaired) electrons. The van der Waals surface area contributed by atoms with Crippen LogP contribution in [0.2, 0.25) is 0 Å². The van der Waals surface area contributed by atoms with Gasteiger partial charge in [-0.25, -0.2) is 4.57 Å². The average Bonchev–Trinajstić information content (AvgIpc) is 0.759. The van der Waals surface area contributed by atoms with Gasteiger partial charge < -0.3 is 47.4 Å². The van der Waals surface area contributed by atoms with Crippen molar-refractivity contribution in [1.29, 1.82) is 5.26 Å². The van der Waals surface area contributed by atoms with Crippen molar-refractivity contribution in [3.8, 4) is 11.8 Å². The van der Waals surface area contributed by atoms with E-state index in [-0.39, 0.29) is 65.9 Å². The Bertz CT molecular complexity index is 2920. The minimum Gasteiger partial charge on any atom is -0.497 e. The van der Waals surface area contributed by atoms with Crippen molar-refractivity contribution >= 4 is 19.8 Å². The van der Waals surface area contributed by atoms with Crippen LogP contribution in [0.25, 0.3) is 0 Å². The topological polar surface area (TPSA) is 195 Å². The van der Waals surface area contributed by atoms with Gasteiger partial charge in [0.15, 0.2) is 6.10 Å². The Labute approximate surface area is 598 Å². The monoisotopic (exact) mass is 1400 g/mol. The molecule has 552 valence electrons. The van der Waals surface area contributed by atoms with Gasteiger partial charge in [0, 0.05) is 12.8 Å². The largest absolute Gasteiger partial charge is 0.497 e. The second-order valence-corrected chi connectivity index (χ2v) is 27.8. The van der Waals surface area contributed by atoms with Crippen LogP contribution < -0.4 is 4.74 Å². The second kappa shape index (κ2) is 53.0. The Morgan fingerprint density at radius 3 is 1.14 bits per heavy atom. The number of carbonyl (C=O) groups excluding carboxylic acids is 2. The first-order valence-corrected chi connectivity index (χ1v) is 39.0. The number of nitriles is 1. The highest BCUT2D eigenvalue weighted by Crippen LogP contribution is 2.54. The lowest BCUT2D eigenvalue weighted by atomic mass is 9.84. The number of hydrogen-bond acceptors (Lipinski definition) is 17. The normalized spacial score (nSPS) is 17.7. The minimum absolute atomic E-state index is 0.0195. The van der Waals surface area contributed by atoms with Crippen molar-refractivity contribution in [2.24, 2.45) is 0 Å². The van der Waals surface area contributed by atoms with Crippen LogP contribution in [0.4, 0.5) is 0 Å². The van der Waals surface area contributed by atoms with E-state index in [4.69, 9.17) is 60.9 Å². The van der Waals surface area contributed by atoms with Crippen LogP contribution in [-0.4, -0.2) is 95.2 Å². The van der Waals surface area contributed by atoms with Crippen LogP contribution >= 0.6 is 7.82 Å². The number of phosphoric acid groups is 1. The zero-order valence-electron chi connectivity index (χ0n) is 60.4. The summed E-state index contributed by atoms with van der Waals surface area (Å²) in [6.07, 6.45) is 21.6. The quantitative estimate of drug-likeness (QED) is 0.0154. The summed E-state index contributed by atoms with van der Waals surface area (Å²) in [7, 11) is -3.40. The molecule has 1 fully saturated rings. The molecule has 0 N–H and O–H groups in total. The van der Waals surface area contributed by atoms with Gasteiger partial charge in [0.05, 0.1) is 65.8 Å². The molecule has 0 aromatic heterocycles. The van der Waals surface area contributed by atoms with Crippen LogP contribution in [0.1, 0.15) is 228 Å². The van der Waals surface area contributed by atoms with Crippen molar-refractivity contribution in [3.05, 3.63) is 173 Å². The van der Waals surface area contributed by atoms with Gasteiger partial charge >= 0.3 is 19.8 Å². The van der Waals surface area contributed by atoms with E-state index >= 15 is 4.57 Å². The number of nitrogens with zero attached hydrogens (tertiary/aromatic N) is 1. The van der Waals surface area contributed by atoms with Crippen molar-refractivity contribution < 1.29 is 75.1 Å². The molecular formula is C82H118NO16P. The zero-order chi connectivity index (χ0) is 70.6. The van der Waals surface area contributed by atoms with Crippen molar-refractivity contribution in [3.63, 3.8) is 0 Å². The fourth-order valence-corrected chi connectivity index (χ4v) is 13.6. The van der Waals surface area contributed by atoms with Gasteiger partial charge in [-0.15, -0.1) is 0 Å². The number of unbranched alkanes of at least 4 members (excludes halogenated alkanes) is 24. The maximum Gasteiger partial charge on any atom is 0.475 e. The van der Waals surface area contributed by atoms with Crippen LogP contribution in [0.15, 0.2) is 146 Å². The van der Waals surface area contributed by atoms with E-state index in [2.05, 4.69) is 19.9 Å². The Morgan fingerprint density at radius 1 is 0.410 bits per heavy atom. The van der Waals surface area contributed by atoms with Crippen molar-refractivity contribution in [2.75, 3.05) is 40.5 Å². The van der Waals surface area contributed by atoms with E-state index in [1.165, 1.54) is 109 Å². The predicted molar refractivity (Wildman–Crippen MR) is 390 cm³/mol. The summed E-state index contributed by atoms with van der Waals surface area (Å²) in [6.45, 7) is 2.96. The summed E-state index contributed by atoms with van der Waals surface area (Å²) >= 11 is 0. The Hall–Kier alpha value is -5.84. The number of ether oxygens (including phenoxy) is 10. The number of phosphoric ester groups is 1. The molecule has 0 aliphatic heterocycles.